The fourth-order valence-corrected chi connectivity index (χ4v) is 2.93. The van der Waals surface area contributed by atoms with E-state index in [4.69, 9.17) is 0 Å². The summed E-state index contributed by atoms with van der Waals surface area (Å²) >= 11 is 0. The Morgan fingerprint density at radius 2 is 1.08 bits per heavy atom. The van der Waals surface area contributed by atoms with Gasteiger partial charge in [0.15, 0.2) is 0 Å². The van der Waals surface area contributed by atoms with Crippen LogP contribution in [-0.2, 0) is 0 Å². The molecule has 0 fully saturated rings. The predicted molar refractivity (Wildman–Crippen MR) is 108 cm³/mol. The van der Waals surface area contributed by atoms with Gasteiger partial charge in [0, 0.05) is 0 Å². The lowest BCUT2D eigenvalue weighted by Crippen LogP contribution is -2.51. The number of unbranched alkanes of at least 4 members (excludes halogenated alkanes) is 12. The van der Waals surface area contributed by atoms with Crippen molar-refractivity contribution in [3.63, 3.8) is 0 Å². The zero-order chi connectivity index (χ0) is 17.6. The second-order valence-corrected chi connectivity index (χ2v) is 7.54. The average molecular weight is 366 g/mol. The van der Waals surface area contributed by atoms with Crippen LogP contribution in [0.5, 0.6) is 0 Å². The minimum atomic E-state index is -1.11. The fourth-order valence-electron chi connectivity index (χ4n) is 2.93. The highest BCUT2D eigenvalue weighted by Gasteiger charge is 2.31. The van der Waals surface area contributed by atoms with Crippen LogP contribution in [0.25, 0.3) is 0 Å². The smallest absolute Gasteiger partial charge is 0.141 e. The average Bonchev–Trinajstić information content (AvgIpc) is 2.51. The topological polar surface area (TPSA) is 43.7 Å². The summed E-state index contributed by atoms with van der Waals surface area (Å²) in [5.74, 6) is 0. The van der Waals surface area contributed by atoms with E-state index < -0.39 is 11.8 Å². The van der Waals surface area contributed by atoms with Gasteiger partial charge >= 0.3 is 0 Å². The van der Waals surface area contributed by atoms with Crippen molar-refractivity contribution in [2.45, 2.75) is 116 Å². The largest absolute Gasteiger partial charge is 0.389 e. The van der Waals surface area contributed by atoms with E-state index in [1.807, 2.05) is 0 Å². The Hall–Kier alpha value is 0.170. The lowest BCUT2D eigenvalue weighted by Gasteiger charge is -2.35. The molecular weight excluding hydrogens is 322 g/mol. The first kappa shape index (κ1) is 26.4. The molecule has 0 spiro atoms. The number of rotatable bonds is 16. The summed E-state index contributed by atoms with van der Waals surface area (Å²) < 4.78 is 0. The number of halogens is 1. The summed E-state index contributed by atoms with van der Waals surface area (Å²) in [6.07, 6.45) is 17.3. The quantitative estimate of drug-likeness (QED) is 0.279. The number of nitrogens with zero attached hydrogens (tertiary/aromatic N) is 1. The van der Waals surface area contributed by atoms with E-state index in [9.17, 15) is 10.2 Å². The van der Waals surface area contributed by atoms with Gasteiger partial charge in [-0.05, 0) is 27.4 Å². The second kappa shape index (κ2) is 16.6. The van der Waals surface area contributed by atoms with Gasteiger partial charge in [-0.2, -0.15) is 0 Å². The molecular formula is C20H44ClNO2. The molecule has 0 bridgehead atoms. The molecule has 4 heteroatoms. The number of likely N-dealkylation sites (N-methyl/N-ethyl adjacent to an activating group) is 1. The first-order valence-electron chi connectivity index (χ1n) is 10.0. The molecule has 2 unspecified atom stereocenters. The molecule has 0 aromatic carbocycles. The zero-order valence-corrected chi connectivity index (χ0v) is 17.5. The fraction of sp³-hybridized carbons (Fsp3) is 1.00. The van der Waals surface area contributed by atoms with Crippen LogP contribution in [-0.4, -0.2) is 41.0 Å². The van der Waals surface area contributed by atoms with Gasteiger partial charge in [0.05, 0.1) is 6.10 Å². The van der Waals surface area contributed by atoms with E-state index in [0.29, 0.717) is 6.42 Å². The standard InChI is InChI=1S/C20H43NO2.ClH/c1-5-6-7-8-9-10-11-12-13-14-15-16-17-18-19(22)20(2,23)21(3)4;/h19,22-23H,5-18H2,1-4H3;1H. The summed E-state index contributed by atoms with van der Waals surface area (Å²) in [6.45, 7) is 3.95. The maximum Gasteiger partial charge on any atom is 0.141 e. The van der Waals surface area contributed by atoms with Crippen molar-refractivity contribution in [2.75, 3.05) is 14.1 Å². The van der Waals surface area contributed by atoms with E-state index in [1.54, 1.807) is 25.9 Å². The summed E-state index contributed by atoms with van der Waals surface area (Å²) in [5, 5.41) is 20.2. The SMILES string of the molecule is CCCCCCCCCCCCCCCC(O)C(C)(O)N(C)C.Cl. The van der Waals surface area contributed by atoms with Gasteiger partial charge in [-0.15, -0.1) is 12.4 Å². The molecule has 0 saturated heterocycles. The molecule has 2 N–H and O–H groups in total. The number of aliphatic hydroxyl groups is 2. The molecule has 0 heterocycles. The summed E-state index contributed by atoms with van der Waals surface area (Å²) in [4.78, 5) is 1.68. The molecule has 0 amide bonds. The third kappa shape index (κ3) is 13.5. The molecule has 0 aliphatic heterocycles. The van der Waals surface area contributed by atoms with Crippen LogP contribution in [0.4, 0.5) is 0 Å². The normalized spacial score (nSPS) is 15.1. The van der Waals surface area contributed by atoms with E-state index >= 15 is 0 Å². The van der Waals surface area contributed by atoms with Crippen LogP contribution in [0.3, 0.4) is 0 Å². The first-order chi connectivity index (χ1) is 10.9. The Kier molecular flexibility index (Phi) is 18.3. The molecule has 2 atom stereocenters. The van der Waals surface area contributed by atoms with Crippen molar-refractivity contribution in [2.24, 2.45) is 0 Å². The maximum absolute atomic E-state index is 10.1. The van der Waals surface area contributed by atoms with Gasteiger partial charge in [-0.1, -0.05) is 90.4 Å². The Balaban J connectivity index is 0. The van der Waals surface area contributed by atoms with Crippen molar-refractivity contribution in [3.05, 3.63) is 0 Å². The number of hydrogen-bond acceptors (Lipinski definition) is 3. The molecule has 0 aliphatic rings. The molecule has 0 aliphatic carbocycles. The highest BCUT2D eigenvalue weighted by atomic mass is 35.5. The Labute approximate surface area is 157 Å². The molecule has 24 heavy (non-hydrogen) atoms. The van der Waals surface area contributed by atoms with E-state index in [1.165, 1.54) is 70.6 Å². The van der Waals surface area contributed by atoms with Crippen LogP contribution in [0.2, 0.25) is 0 Å². The Bertz CT molecular complexity index is 260. The third-order valence-corrected chi connectivity index (χ3v) is 5.12. The first-order valence-corrected chi connectivity index (χ1v) is 10.0. The monoisotopic (exact) mass is 365 g/mol. The van der Waals surface area contributed by atoms with Crippen molar-refractivity contribution in [3.8, 4) is 0 Å². The van der Waals surface area contributed by atoms with Gasteiger partial charge in [-0.3, -0.25) is 4.90 Å². The molecule has 0 aromatic rings. The van der Waals surface area contributed by atoms with Crippen molar-refractivity contribution >= 4 is 12.4 Å². The minimum absolute atomic E-state index is 0. The molecule has 0 aromatic heterocycles. The second-order valence-electron chi connectivity index (χ2n) is 7.54. The molecule has 3 nitrogen and oxygen atoms in total. The van der Waals surface area contributed by atoms with Crippen LogP contribution in [0.1, 0.15) is 104 Å². The van der Waals surface area contributed by atoms with Gasteiger partial charge < -0.3 is 10.2 Å². The van der Waals surface area contributed by atoms with Crippen LogP contribution in [0.15, 0.2) is 0 Å². The maximum atomic E-state index is 10.1. The van der Waals surface area contributed by atoms with E-state index in [2.05, 4.69) is 6.92 Å². The summed E-state index contributed by atoms with van der Waals surface area (Å²) in [6, 6.07) is 0. The number of aliphatic hydroxyl groups excluding tert-OH is 1. The van der Waals surface area contributed by atoms with E-state index in [0.717, 1.165) is 12.8 Å². The molecule has 0 saturated carbocycles. The number of hydrogen-bond donors (Lipinski definition) is 2. The van der Waals surface area contributed by atoms with Crippen molar-refractivity contribution < 1.29 is 10.2 Å². The highest BCUT2D eigenvalue weighted by Crippen LogP contribution is 2.19. The lowest BCUT2D eigenvalue weighted by molar-refractivity contribution is -0.151. The summed E-state index contributed by atoms with van der Waals surface area (Å²) in [5.41, 5.74) is -1.11. The molecule has 148 valence electrons. The Morgan fingerprint density at radius 1 is 0.750 bits per heavy atom. The molecule has 0 rings (SSSR count). The minimum Gasteiger partial charge on any atom is -0.389 e. The van der Waals surface area contributed by atoms with Gasteiger partial charge in [0.1, 0.15) is 5.72 Å². The summed E-state index contributed by atoms with van der Waals surface area (Å²) in [7, 11) is 3.60. The van der Waals surface area contributed by atoms with Crippen LogP contribution in [0, 0.1) is 0 Å². The van der Waals surface area contributed by atoms with Crippen LogP contribution >= 0.6 is 12.4 Å². The van der Waals surface area contributed by atoms with Gasteiger partial charge in [-0.25, -0.2) is 0 Å². The lowest BCUT2D eigenvalue weighted by atomic mass is 10.00. The predicted octanol–water partition coefficient (Wildman–Crippen LogP) is 5.52. The molecule has 0 radical (unpaired) electrons. The van der Waals surface area contributed by atoms with Gasteiger partial charge in [0.25, 0.3) is 0 Å². The Morgan fingerprint density at radius 3 is 1.42 bits per heavy atom. The van der Waals surface area contributed by atoms with Crippen molar-refractivity contribution in [1.82, 2.24) is 4.90 Å². The van der Waals surface area contributed by atoms with Gasteiger partial charge in [0.2, 0.25) is 0 Å². The van der Waals surface area contributed by atoms with Crippen LogP contribution < -0.4 is 0 Å². The highest BCUT2D eigenvalue weighted by molar-refractivity contribution is 5.85. The zero-order valence-electron chi connectivity index (χ0n) is 16.7. The van der Waals surface area contributed by atoms with E-state index in [-0.39, 0.29) is 12.4 Å². The third-order valence-electron chi connectivity index (χ3n) is 5.12. The van der Waals surface area contributed by atoms with Crippen molar-refractivity contribution in [1.29, 1.82) is 0 Å².